The van der Waals surface area contributed by atoms with Crippen LogP contribution in [0.1, 0.15) is 72.4 Å². The molecular formula is C45H53NO22. The second-order valence-corrected chi connectivity index (χ2v) is 15.8. The number of benzene rings is 2. The maximum atomic E-state index is 13.3. The Balaban J connectivity index is 1.46. The van der Waals surface area contributed by atoms with E-state index in [-0.39, 0.29) is 12.5 Å². The van der Waals surface area contributed by atoms with Crippen molar-refractivity contribution in [2.45, 2.75) is 135 Å². The molecule has 1 aliphatic carbocycles. The average Bonchev–Trinajstić information content (AvgIpc) is 3.57. The number of amides is 1. The first-order valence-electron chi connectivity index (χ1n) is 21.2. The van der Waals surface area contributed by atoms with Gasteiger partial charge in [0.25, 0.3) is 0 Å². The van der Waals surface area contributed by atoms with Gasteiger partial charge < -0.3 is 67.3 Å². The zero-order chi connectivity index (χ0) is 50.0. The highest BCUT2D eigenvalue weighted by atomic mass is 16.8. The van der Waals surface area contributed by atoms with Gasteiger partial charge in [0.1, 0.15) is 38.1 Å². The number of alkyl carbamates (subject to hydrolysis) is 1. The van der Waals surface area contributed by atoms with Crippen LogP contribution in [-0.2, 0) is 95.2 Å². The van der Waals surface area contributed by atoms with Crippen molar-refractivity contribution in [3.05, 3.63) is 59.7 Å². The molecule has 370 valence electrons. The Hall–Kier alpha value is -6.69. The second-order valence-electron chi connectivity index (χ2n) is 15.8. The topological polar surface area (TPSA) is 297 Å². The summed E-state index contributed by atoms with van der Waals surface area (Å²) in [6.45, 7) is 6.75. The van der Waals surface area contributed by atoms with Gasteiger partial charge in [-0.2, -0.15) is 0 Å². The van der Waals surface area contributed by atoms with Crippen molar-refractivity contribution < 1.29 is 105 Å². The Kier molecular flexibility index (Phi) is 18.0. The molecule has 0 bridgehead atoms. The molecule has 0 spiro atoms. The van der Waals surface area contributed by atoms with E-state index in [4.69, 9.17) is 56.8 Å². The monoisotopic (exact) mass is 959 g/mol. The first-order chi connectivity index (χ1) is 32.1. The molecule has 2 aliphatic heterocycles. The minimum Gasteiger partial charge on any atom is -0.480 e. The van der Waals surface area contributed by atoms with Crippen LogP contribution in [0.4, 0.5) is 4.79 Å². The summed E-state index contributed by atoms with van der Waals surface area (Å²) in [4.78, 5) is 113. The number of rotatable bonds is 18. The number of carbonyl (C=O) groups is 9. The third kappa shape index (κ3) is 13.5. The van der Waals surface area contributed by atoms with E-state index in [1.807, 2.05) is 48.5 Å². The minimum atomic E-state index is -1.94. The number of carbonyl (C=O) groups excluding carboxylic acids is 8. The van der Waals surface area contributed by atoms with Gasteiger partial charge in [-0.3, -0.25) is 33.6 Å². The fourth-order valence-electron chi connectivity index (χ4n) is 8.02. The summed E-state index contributed by atoms with van der Waals surface area (Å²) in [6, 6.07) is 13.3. The van der Waals surface area contributed by atoms with Crippen LogP contribution in [0.15, 0.2) is 48.5 Å². The molecule has 5 rings (SSSR count). The Bertz CT molecular complexity index is 2170. The van der Waals surface area contributed by atoms with Gasteiger partial charge in [0.15, 0.2) is 49.1 Å². The number of carboxylic acids is 1. The second kappa shape index (κ2) is 23.4. The van der Waals surface area contributed by atoms with Crippen molar-refractivity contribution >= 4 is 53.8 Å². The van der Waals surface area contributed by atoms with E-state index >= 15 is 0 Å². The summed E-state index contributed by atoms with van der Waals surface area (Å²) in [5.74, 6) is -8.49. The van der Waals surface area contributed by atoms with E-state index in [0.29, 0.717) is 0 Å². The molecule has 68 heavy (non-hydrogen) atoms. The number of carboxylic acid groups (broad SMARTS) is 1. The highest BCUT2D eigenvalue weighted by Crippen LogP contribution is 2.44. The van der Waals surface area contributed by atoms with Crippen molar-refractivity contribution in [1.82, 2.24) is 5.32 Å². The lowest BCUT2D eigenvalue weighted by Gasteiger charge is -2.49. The third-order valence-electron chi connectivity index (χ3n) is 10.6. The fourth-order valence-corrected chi connectivity index (χ4v) is 8.02. The van der Waals surface area contributed by atoms with Gasteiger partial charge in [0.05, 0.1) is 6.10 Å². The summed E-state index contributed by atoms with van der Waals surface area (Å²) >= 11 is 0. The van der Waals surface area contributed by atoms with E-state index in [1.165, 1.54) is 6.92 Å². The normalized spacial score (nSPS) is 25.9. The van der Waals surface area contributed by atoms with Gasteiger partial charge in [-0.25, -0.2) is 9.59 Å². The summed E-state index contributed by atoms with van der Waals surface area (Å²) in [5.41, 5.74) is 3.73. The lowest BCUT2D eigenvalue weighted by molar-refractivity contribution is -0.364. The highest BCUT2D eigenvalue weighted by Gasteiger charge is 2.58. The Morgan fingerprint density at radius 3 is 1.41 bits per heavy atom. The minimum absolute atomic E-state index is 0.162. The smallest absolute Gasteiger partial charge is 0.407 e. The number of esters is 7. The average molecular weight is 960 g/mol. The summed E-state index contributed by atoms with van der Waals surface area (Å²) in [6.07, 6.45) is -20.3. The molecule has 0 aromatic heterocycles. The van der Waals surface area contributed by atoms with Crippen LogP contribution in [0.5, 0.6) is 0 Å². The SMILES string of the molecule is CC(=O)OC[C@H]1O[C@@H](O[C@H]2[C@H](OC(C)=O)[C@@H](OC(C)=O)[C@H](O[C@H](C)[C@H](NC(=O)OCC3c4ccccc4-c4ccccc43)C(=O)O)O[C@@H]2COC(C)=O)[C@H](OC(C)=O)[C@@H](OC(C)=O)[C@H]1OC(C)=O. The highest BCUT2D eigenvalue weighted by molar-refractivity contribution is 5.81. The summed E-state index contributed by atoms with van der Waals surface area (Å²) in [5, 5.41) is 12.6. The van der Waals surface area contributed by atoms with Crippen LogP contribution in [0.3, 0.4) is 0 Å². The molecule has 3 aliphatic rings. The molecule has 23 heteroatoms. The lowest BCUT2D eigenvalue weighted by Crippen LogP contribution is -2.67. The van der Waals surface area contributed by atoms with Crippen molar-refractivity contribution in [3.8, 4) is 11.1 Å². The molecule has 23 nitrogen and oxygen atoms in total. The fraction of sp³-hybridized carbons (Fsp3) is 0.533. The largest absolute Gasteiger partial charge is 0.480 e. The third-order valence-corrected chi connectivity index (χ3v) is 10.6. The molecule has 2 fully saturated rings. The van der Waals surface area contributed by atoms with Crippen molar-refractivity contribution in [2.75, 3.05) is 19.8 Å². The number of nitrogens with one attached hydrogen (secondary N) is 1. The lowest BCUT2D eigenvalue weighted by atomic mass is 9.96. The number of hydrogen-bond acceptors (Lipinski definition) is 21. The zero-order valence-electron chi connectivity index (χ0n) is 38.3. The number of aliphatic carboxylic acids is 1. The molecule has 2 N–H and O–H groups in total. The van der Waals surface area contributed by atoms with Crippen LogP contribution in [0.25, 0.3) is 11.1 Å². The van der Waals surface area contributed by atoms with E-state index in [2.05, 4.69) is 5.32 Å². The predicted molar refractivity (Wildman–Crippen MR) is 223 cm³/mol. The van der Waals surface area contributed by atoms with Crippen LogP contribution in [0.2, 0.25) is 0 Å². The van der Waals surface area contributed by atoms with Crippen LogP contribution >= 0.6 is 0 Å². The Morgan fingerprint density at radius 1 is 0.529 bits per heavy atom. The maximum absolute atomic E-state index is 13.3. The summed E-state index contributed by atoms with van der Waals surface area (Å²) < 4.78 is 68.3. The van der Waals surface area contributed by atoms with Crippen LogP contribution in [0, 0.1) is 0 Å². The predicted octanol–water partition coefficient (Wildman–Crippen LogP) is 2.00. The molecule has 0 unspecified atom stereocenters. The molecule has 0 radical (unpaired) electrons. The molecular weight excluding hydrogens is 906 g/mol. The molecule has 0 saturated carbocycles. The molecule has 1 amide bonds. The van der Waals surface area contributed by atoms with Crippen molar-refractivity contribution in [1.29, 1.82) is 0 Å². The van der Waals surface area contributed by atoms with E-state index in [9.17, 15) is 48.3 Å². The van der Waals surface area contributed by atoms with Crippen LogP contribution in [-0.4, -0.2) is 152 Å². The molecule has 2 heterocycles. The number of ether oxygens (including phenoxy) is 12. The Labute approximate surface area is 389 Å². The number of fused-ring (bicyclic) bond motifs is 3. The van der Waals surface area contributed by atoms with Crippen molar-refractivity contribution in [2.24, 2.45) is 0 Å². The quantitative estimate of drug-likeness (QED) is 0.159. The van der Waals surface area contributed by atoms with Crippen molar-refractivity contribution in [3.63, 3.8) is 0 Å². The maximum Gasteiger partial charge on any atom is 0.407 e. The Morgan fingerprint density at radius 2 is 0.941 bits per heavy atom. The van der Waals surface area contributed by atoms with E-state index < -0.39 is 141 Å². The molecule has 2 aromatic carbocycles. The van der Waals surface area contributed by atoms with Gasteiger partial charge in [0, 0.05) is 54.4 Å². The first kappa shape index (κ1) is 52.3. The van der Waals surface area contributed by atoms with E-state index in [0.717, 1.165) is 70.7 Å². The van der Waals surface area contributed by atoms with Gasteiger partial charge in [-0.05, 0) is 29.2 Å². The first-order valence-corrected chi connectivity index (χ1v) is 21.2. The van der Waals surface area contributed by atoms with Gasteiger partial charge in [-0.15, -0.1) is 0 Å². The number of hydrogen-bond donors (Lipinski definition) is 2. The van der Waals surface area contributed by atoms with Gasteiger partial charge >= 0.3 is 53.8 Å². The molecule has 2 aromatic rings. The molecule has 12 atom stereocenters. The standard InChI is InChI=1S/C45H53NO22/c1-20(35(42(54)55)46-45(56)59-17-32-30-15-11-9-13-28(30)29-14-10-12-16-31(29)32)60-43-40(64-26(7)52)39(63-25(6)51)37(34(66-43)19-58-22(3)48)68-44-41(65-27(8)53)38(62-24(5)50)36(61-23(4)49)33(67-44)18-57-21(2)47/h9-16,20,32-41,43-44H,17-19H2,1-8H3,(H,46,56)(H,54,55)/t20-,33-,34-,35+,36+,37-,38+,39+,40-,41-,43-,44+/m1/s1. The van der Waals surface area contributed by atoms with E-state index in [1.54, 1.807) is 0 Å². The summed E-state index contributed by atoms with van der Waals surface area (Å²) in [7, 11) is 0. The van der Waals surface area contributed by atoms with Gasteiger partial charge in [-0.1, -0.05) is 48.5 Å². The van der Waals surface area contributed by atoms with Crippen LogP contribution < -0.4 is 5.32 Å². The molecule has 2 saturated heterocycles. The van der Waals surface area contributed by atoms with Gasteiger partial charge in [0.2, 0.25) is 0 Å². The zero-order valence-corrected chi connectivity index (χ0v) is 38.3.